The van der Waals surface area contributed by atoms with E-state index in [9.17, 15) is 14.9 Å². The lowest BCUT2D eigenvalue weighted by molar-refractivity contribution is -0.384. The highest BCUT2D eigenvalue weighted by molar-refractivity contribution is 7.18. The number of benzene rings is 1. The lowest BCUT2D eigenvalue weighted by Crippen LogP contribution is -2.02. The molecule has 2 rings (SSSR count). The summed E-state index contributed by atoms with van der Waals surface area (Å²) < 4.78 is 0. The Hall–Kier alpha value is -2.74. The maximum absolute atomic E-state index is 12.3. The van der Waals surface area contributed by atoms with Crippen LogP contribution in [0.3, 0.4) is 0 Å². The predicted octanol–water partition coefficient (Wildman–Crippen LogP) is 2.46. The van der Waals surface area contributed by atoms with Gasteiger partial charge in [0.25, 0.3) is 5.69 Å². The summed E-state index contributed by atoms with van der Waals surface area (Å²) in [6.07, 6.45) is 1.66. The first-order valence-electron chi connectivity index (χ1n) is 5.93. The first kappa shape index (κ1) is 14.7. The molecule has 108 valence electrons. The lowest BCUT2D eigenvalue weighted by Gasteiger charge is -1.98. The third-order valence-corrected chi connectivity index (χ3v) is 3.63. The highest BCUT2D eigenvalue weighted by atomic mass is 32.1. The summed E-state index contributed by atoms with van der Waals surface area (Å²) in [5.74, 6) is -0.179. The van der Waals surface area contributed by atoms with Gasteiger partial charge < -0.3 is 11.1 Å². The van der Waals surface area contributed by atoms with E-state index in [1.165, 1.54) is 24.3 Å². The van der Waals surface area contributed by atoms with Gasteiger partial charge in [-0.25, -0.2) is 4.98 Å². The van der Waals surface area contributed by atoms with E-state index in [0.717, 1.165) is 11.3 Å². The van der Waals surface area contributed by atoms with Crippen molar-refractivity contribution in [3.63, 3.8) is 0 Å². The topological polar surface area (TPSA) is 111 Å². The Kier molecular flexibility index (Phi) is 4.29. The number of nitrogens with zero attached hydrogens (tertiary/aromatic N) is 2. The third kappa shape index (κ3) is 3.23. The molecule has 1 aromatic heterocycles. The summed E-state index contributed by atoms with van der Waals surface area (Å²) in [6.45, 7) is 4.08. The molecule has 0 aliphatic heterocycles. The zero-order valence-electron chi connectivity index (χ0n) is 10.9. The maximum Gasteiger partial charge on any atom is 0.269 e. The summed E-state index contributed by atoms with van der Waals surface area (Å²) in [7, 11) is 0. The molecule has 7 nitrogen and oxygen atoms in total. The van der Waals surface area contributed by atoms with Gasteiger partial charge in [-0.1, -0.05) is 17.4 Å². The molecule has 1 heterocycles. The van der Waals surface area contributed by atoms with Gasteiger partial charge in [0.05, 0.1) is 4.92 Å². The zero-order chi connectivity index (χ0) is 15.4. The van der Waals surface area contributed by atoms with Crippen LogP contribution in [0.2, 0.25) is 0 Å². The average molecular weight is 304 g/mol. The molecular weight excluding hydrogens is 292 g/mol. The van der Waals surface area contributed by atoms with Crippen molar-refractivity contribution in [2.75, 3.05) is 17.6 Å². The second-order valence-electron chi connectivity index (χ2n) is 4.04. The molecule has 21 heavy (non-hydrogen) atoms. The number of aromatic nitrogens is 1. The highest BCUT2D eigenvalue weighted by Gasteiger charge is 2.18. The first-order chi connectivity index (χ1) is 10.0. The Morgan fingerprint density at radius 2 is 2.14 bits per heavy atom. The molecule has 0 aliphatic carbocycles. The van der Waals surface area contributed by atoms with Gasteiger partial charge in [-0.15, -0.1) is 6.58 Å². The number of carbonyl (C=O) groups is 1. The Labute approximate surface area is 124 Å². The van der Waals surface area contributed by atoms with Crippen LogP contribution in [0, 0.1) is 10.1 Å². The quantitative estimate of drug-likeness (QED) is 0.367. The van der Waals surface area contributed by atoms with E-state index in [2.05, 4.69) is 16.9 Å². The molecule has 0 unspecified atom stereocenters. The fourth-order valence-electron chi connectivity index (χ4n) is 1.60. The summed E-state index contributed by atoms with van der Waals surface area (Å²) in [5, 5.41) is 14.1. The average Bonchev–Trinajstić information content (AvgIpc) is 2.85. The van der Waals surface area contributed by atoms with E-state index >= 15 is 0 Å². The van der Waals surface area contributed by atoms with E-state index < -0.39 is 4.92 Å². The van der Waals surface area contributed by atoms with Gasteiger partial charge in [0.2, 0.25) is 5.78 Å². The van der Waals surface area contributed by atoms with Crippen molar-refractivity contribution in [1.29, 1.82) is 0 Å². The van der Waals surface area contributed by atoms with Crippen molar-refractivity contribution in [2.24, 2.45) is 0 Å². The summed E-state index contributed by atoms with van der Waals surface area (Å²) in [4.78, 5) is 26.7. The standard InChI is InChI=1S/C13H12N4O3S/c1-2-7-15-13-16-12(14)11(21-13)10(18)8-3-5-9(6-4-8)17(19)20/h2-6H,1,7,14H2,(H,15,16). The van der Waals surface area contributed by atoms with Gasteiger partial charge in [0.15, 0.2) is 5.13 Å². The molecule has 0 fully saturated rings. The Morgan fingerprint density at radius 1 is 1.48 bits per heavy atom. The van der Waals surface area contributed by atoms with Crippen LogP contribution < -0.4 is 11.1 Å². The number of non-ortho nitro benzene ring substituents is 1. The number of carbonyl (C=O) groups excluding carboxylic acids is 1. The van der Waals surface area contributed by atoms with Crippen LogP contribution in [0.4, 0.5) is 16.6 Å². The van der Waals surface area contributed by atoms with E-state index in [-0.39, 0.29) is 17.3 Å². The highest BCUT2D eigenvalue weighted by Crippen LogP contribution is 2.27. The minimum atomic E-state index is -0.521. The van der Waals surface area contributed by atoms with Crippen molar-refractivity contribution in [3.8, 4) is 0 Å². The summed E-state index contributed by atoms with van der Waals surface area (Å²) >= 11 is 1.13. The molecule has 8 heteroatoms. The van der Waals surface area contributed by atoms with Crippen molar-refractivity contribution in [1.82, 2.24) is 4.98 Å². The van der Waals surface area contributed by atoms with E-state index in [4.69, 9.17) is 5.73 Å². The second-order valence-corrected chi connectivity index (χ2v) is 5.04. The number of rotatable bonds is 6. The lowest BCUT2D eigenvalue weighted by atomic mass is 10.1. The molecular formula is C13H12N4O3S. The predicted molar refractivity (Wildman–Crippen MR) is 81.7 cm³/mol. The minimum Gasteiger partial charge on any atom is -0.382 e. The Bertz CT molecular complexity index is 694. The monoisotopic (exact) mass is 304 g/mol. The number of nitro benzene ring substituents is 1. The van der Waals surface area contributed by atoms with Gasteiger partial charge in [0, 0.05) is 24.2 Å². The number of hydrogen-bond donors (Lipinski definition) is 2. The van der Waals surface area contributed by atoms with Gasteiger partial charge in [-0.05, 0) is 12.1 Å². The van der Waals surface area contributed by atoms with Crippen LogP contribution in [0.5, 0.6) is 0 Å². The minimum absolute atomic E-state index is 0.0721. The number of thiazole rings is 1. The van der Waals surface area contributed by atoms with Crippen LogP contribution in [-0.2, 0) is 0 Å². The summed E-state index contributed by atoms with van der Waals surface area (Å²) in [5.41, 5.74) is 5.99. The van der Waals surface area contributed by atoms with Gasteiger partial charge in [0.1, 0.15) is 10.7 Å². The molecule has 3 N–H and O–H groups in total. The Morgan fingerprint density at radius 3 is 2.71 bits per heavy atom. The van der Waals surface area contributed by atoms with Crippen molar-refractivity contribution >= 4 is 33.8 Å². The smallest absolute Gasteiger partial charge is 0.269 e. The third-order valence-electron chi connectivity index (χ3n) is 2.60. The van der Waals surface area contributed by atoms with Crippen molar-refractivity contribution < 1.29 is 9.72 Å². The van der Waals surface area contributed by atoms with Crippen LogP contribution >= 0.6 is 11.3 Å². The molecule has 2 aromatic rings. The fraction of sp³-hybridized carbons (Fsp3) is 0.0769. The molecule has 0 spiro atoms. The molecule has 1 aromatic carbocycles. The number of nitrogens with one attached hydrogen (secondary N) is 1. The SMILES string of the molecule is C=CCNc1nc(N)c(C(=O)c2ccc([N+](=O)[O-])cc2)s1. The number of ketones is 1. The fourth-order valence-corrected chi connectivity index (χ4v) is 2.45. The molecule has 0 bridgehead atoms. The number of nitrogens with two attached hydrogens (primary N) is 1. The first-order valence-corrected chi connectivity index (χ1v) is 6.74. The molecule has 0 aliphatic rings. The number of nitrogen functional groups attached to an aromatic ring is 1. The maximum atomic E-state index is 12.3. The van der Waals surface area contributed by atoms with Crippen molar-refractivity contribution in [2.45, 2.75) is 0 Å². The van der Waals surface area contributed by atoms with E-state index in [1.54, 1.807) is 6.08 Å². The number of anilines is 2. The van der Waals surface area contributed by atoms with Gasteiger partial charge in [-0.2, -0.15) is 0 Å². The summed E-state index contributed by atoms with van der Waals surface area (Å²) in [6, 6.07) is 5.36. The van der Waals surface area contributed by atoms with Crippen LogP contribution in [0.25, 0.3) is 0 Å². The normalized spacial score (nSPS) is 10.1. The molecule has 0 amide bonds. The zero-order valence-corrected chi connectivity index (χ0v) is 11.7. The van der Waals surface area contributed by atoms with Crippen LogP contribution in [0.15, 0.2) is 36.9 Å². The van der Waals surface area contributed by atoms with E-state index in [0.29, 0.717) is 22.1 Å². The molecule has 0 saturated carbocycles. The van der Waals surface area contributed by atoms with E-state index in [1.807, 2.05) is 0 Å². The van der Waals surface area contributed by atoms with Gasteiger partial charge >= 0.3 is 0 Å². The van der Waals surface area contributed by atoms with Gasteiger partial charge in [-0.3, -0.25) is 14.9 Å². The van der Waals surface area contributed by atoms with Crippen molar-refractivity contribution in [3.05, 3.63) is 57.5 Å². The number of nitro groups is 1. The molecule has 0 radical (unpaired) electrons. The Balaban J connectivity index is 2.24. The van der Waals surface area contributed by atoms with Crippen LogP contribution in [0.1, 0.15) is 15.2 Å². The second kappa shape index (κ2) is 6.14. The number of hydrogen-bond acceptors (Lipinski definition) is 7. The van der Waals surface area contributed by atoms with Crippen LogP contribution in [-0.4, -0.2) is 22.2 Å². The molecule has 0 atom stereocenters. The molecule has 0 saturated heterocycles. The largest absolute Gasteiger partial charge is 0.382 e.